The Balaban J connectivity index is -0.000000155. The summed E-state index contributed by atoms with van der Waals surface area (Å²) >= 11 is 0. The molecule has 0 radical (unpaired) electrons. The number of rotatable bonds is 12. The molecule has 0 atom stereocenters. The van der Waals surface area contributed by atoms with E-state index < -0.39 is 71.6 Å². The van der Waals surface area contributed by atoms with Gasteiger partial charge < -0.3 is 174 Å². The Hall–Kier alpha value is -10.1. The van der Waals surface area contributed by atoms with Gasteiger partial charge in [0.1, 0.15) is 78.5 Å². The molecule has 0 spiro atoms. The number of carbonyl (C=O) groups is 12. The van der Waals surface area contributed by atoms with Crippen LogP contribution in [-0.2, 0) is 54.6 Å². The van der Waals surface area contributed by atoms with Crippen molar-refractivity contribution >= 4 is 71.6 Å². The van der Waals surface area contributed by atoms with Gasteiger partial charge in [-0.05, 0) is 72.8 Å². The molecule has 42 nitrogen and oxygen atoms in total. The third-order valence-electron chi connectivity index (χ3n) is 10.7. The number of pyridine rings is 6. The third-order valence-corrected chi connectivity index (χ3v) is 10.7. The Labute approximate surface area is 592 Å². The predicted molar refractivity (Wildman–Crippen MR) is 294 cm³/mol. The number of quaternary nitrogens is 6. The molecule has 9 rings (SSSR count). The molecule has 3 saturated heterocycles. The van der Waals surface area contributed by atoms with Crippen molar-refractivity contribution in [3.8, 4) is 0 Å². The second kappa shape index (κ2) is 59.4. The summed E-state index contributed by atoms with van der Waals surface area (Å²) in [6, 6.07) is 13.0. The van der Waals surface area contributed by atoms with Crippen molar-refractivity contribution in [1.82, 2.24) is 29.9 Å². The molecular formula is C54H68Cd2N12O30. The standard InChI is InChI=1S/6C7H5NO4.3C4H10N2.2Cd.6H2O/c6*9-6(10)4-1-2-5(7(11)12)8-3-4;3*1-2-6-4-3-5-1;;;;;;;;/h6*1-3H,(H,9,10)(H,11,12);3*5-6H,1-4H2;;;6*1H2/q;;;;;;;;;2*+2;;;;;;/p-4. The molecule has 44 heteroatoms. The first-order valence-corrected chi connectivity index (χ1v) is 25.9. The maximum Gasteiger partial charge on any atom is 2.00 e. The zero-order valence-corrected chi connectivity index (χ0v) is 59.4. The summed E-state index contributed by atoms with van der Waals surface area (Å²) in [5, 5.41) is 133. The summed E-state index contributed by atoms with van der Waals surface area (Å²) in [6.45, 7) is 15.8. The van der Waals surface area contributed by atoms with Gasteiger partial charge in [-0.25, -0.2) is 9.59 Å². The number of nitrogens with zero attached hydrogens (tertiary/aromatic N) is 6. The molecule has 3 fully saturated rings. The van der Waals surface area contributed by atoms with E-state index in [1.54, 1.807) is 0 Å². The summed E-state index contributed by atoms with van der Waals surface area (Å²) in [6.07, 6.45) is 5.54. The van der Waals surface area contributed by atoms with Crippen LogP contribution in [0, 0.1) is 0 Å². The molecule has 26 N–H and O–H groups in total. The van der Waals surface area contributed by atoms with Crippen molar-refractivity contribution in [2.45, 2.75) is 0 Å². The largest absolute Gasteiger partial charge is 2.00 e. The second-order valence-corrected chi connectivity index (χ2v) is 17.3. The van der Waals surface area contributed by atoms with E-state index in [1.165, 1.54) is 78.5 Å². The molecule has 0 amide bonds. The van der Waals surface area contributed by atoms with E-state index in [2.05, 4.69) is 61.8 Å². The maximum atomic E-state index is 10.3. The Morgan fingerprint density at radius 1 is 0.235 bits per heavy atom. The van der Waals surface area contributed by atoms with Gasteiger partial charge in [0.2, 0.25) is 0 Å². The van der Waals surface area contributed by atoms with Gasteiger partial charge in [0.25, 0.3) is 0 Å². The number of carbonyl (C=O) groups excluding carboxylic acids is 10. The molecule has 0 aliphatic carbocycles. The smallest absolute Gasteiger partial charge is 0.545 e. The van der Waals surface area contributed by atoms with Gasteiger partial charge in [-0.2, -0.15) is 0 Å². The molecular weight excluding hydrogens is 1520 g/mol. The maximum absolute atomic E-state index is 10.3. The van der Waals surface area contributed by atoms with Crippen LogP contribution in [0.1, 0.15) is 125 Å². The van der Waals surface area contributed by atoms with Crippen LogP contribution in [0.3, 0.4) is 0 Å². The van der Waals surface area contributed by atoms with Crippen LogP contribution in [0.4, 0.5) is 0 Å². The molecule has 98 heavy (non-hydrogen) atoms. The minimum Gasteiger partial charge on any atom is -0.545 e. The fourth-order valence-corrected chi connectivity index (χ4v) is 6.10. The predicted octanol–water partition coefficient (Wildman–Crippen LogP) is -24.1. The average molecular weight is 1590 g/mol. The van der Waals surface area contributed by atoms with Crippen molar-refractivity contribution in [2.24, 2.45) is 0 Å². The van der Waals surface area contributed by atoms with Crippen LogP contribution in [0.15, 0.2) is 110 Å². The molecule has 0 bridgehead atoms. The number of aromatic carboxylic acids is 12. The van der Waals surface area contributed by atoms with Crippen LogP contribution >= 0.6 is 0 Å². The quantitative estimate of drug-likeness (QED) is 0.0528. The fourth-order valence-electron chi connectivity index (χ4n) is 6.10. The molecule has 3 aliphatic rings. The van der Waals surface area contributed by atoms with Crippen LogP contribution in [0.2, 0.25) is 0 Å². The number of piperazine rings is 3. The number of aromatic nitrogens is 6. The van der Waals surface area contributed by atoms with Gasteiger partial charge in [-0.3, -0.25) is 29.9 Å². The van der Waals surface area contributed by atoms with Gasteiger partial charge in [-0.15, -0.1) is 0 Å². The second-order valence-electron chi connectivity index (χ2n) is 17.3. The topological polar surface area (TPSA) is 842 Å². The fraction of sp³-hybridized carbons (Fsp3) is 0.222. The van der Waals surface area contributed by atoms with Crippen molar-refractivity contribution in [3.05, 3.63) is 178 Å². The van der Waals surface area contributed by atoms with E-state index in [1.807, 2.05) is 0 Å². The number of carboxylic acid groups (broad SMARTS) is 12. The summed E-state index contributed by atoms with van der Waals surface area (Å²) < 4.78 is 0. The Morgan fingerprint density at radius 2 is 0.357 bits per heavy atom. The summed E-state index contributed by atoms with van der Waals surface area (Å²) in [4.78, 5) is 142. The summed E-state index contributed by atoms with van der Waals surface area (Å²) in [7, 11) is 0. The molecule has 0 saturated carbocycles. The van der Waals surface area contributed by atoms with Crippen molar-refractivity contribution in [1.29, 1.82) is 0 Å². The first-order chi connectivity index (χ1) is 42.7. The van der Waals surface area contributed by atoms with E-state index in [0.29, 0.717) is 0 Å². The van der Waals surface area contributed by atoms with Gasteiger partial charge in [0.15, 0.2) is 0 Å². The van der Waals surface area contributed by atoms with Gasteiger partial charge >= 0.3 is 66.5 Å². The molecule has 528 valence electrons. The molecule has 6 aromatic heterocycles. The Morgan fingerprint density at radius 3 is 0.429 bits per heavy atom. The van der Waals surface area contributed by atoms with E-state index in [9.17, 15) is 109 Å². The Kier molecular flexibility index (Phi) is 63.0. The number of carboxylic acids is 12. The third kappa shape index (κ3) is 46.1. The first-order valence-electron chi connectivity index (χ1n) is 25.9. The first kappa shape index (κ1) is 104. The van der Waals surface area contributed by atoms with E-state index >= 15 is 0 Å². The average Bonchev–Trinajstić information content (AvgIpc) is 1.00. The minimum atomic E-state index is -1.44. The molecule has 9 heterocycles. The van der Waals surface area contributed by atoms with Crippen molar-refractivity contribution in [2.75, 3.05) is 78.5 Å². The van der Waals surface area contributed by atoms with Gasteiger partial charge in [0, 0.05) is 59.4 Å². The van der Waals surface area contributed by atoms with Crippen molar-refractivity contribution < 1.29 is 238 Å². The number of nitrogens with two attached hydrogens (primary N) is 6. The van der Waals surface area contributed by atoms with Gasteiger partial charge in [0.05, 0.1) is 105 Å². The zero-order chi connectivity index (χ0) is 67.6. The van der Waals surface area contributed by atoms with E-state index in [-0.39, 0.29) is 155 Å². The number of hydrogen-bond donors (Lipinski definition) is 8. The monoisotopic (exact) mass is 1590 g/mol. The Bertz CT molecular complexity index is 2530. The normalized spacial score (nSPS) is 11.3. The molecule has 0 aromatic carbocycles. The molecule has 6 aromatic rings. The minimum absolute atomic E-state index is 0. The van der Waals surface area contributed by atoms with Crippen LogP contribution in [0.25, 0.3) is 0 Å². The summed E-state index contributed by atoms with van der Waals surface area (Å²) in [5.41, 5.74) is -2.56. The molecule has 0 unspecified atom stereocenters. The van der Waals surface area contributed by atoms with E-state index in [4.69, 9.17) is 10.2 Å². The number of hydrogen-bond acceptors (Lipinski definition) is 28. The molecule has 3 aliphatic heterocycles. The zero-order valence-electron chi connectivity index (χ0n) is 51.3. The van der Waals surface area contributed by atoms with Crippen LogP contribution < -0.4 is 83.0 Å². The summed E-state index contributed by atoms with van der Waals surface area (Å²) in [5.74, 6) is -16.5. The van der Waals surface area contributed by atoms with Crippen molar-refractivity contribution in [3.63, 3.8) is 0 Å². The van der Waals surface area contributed by atoms with Crippen LogP contribution in [0.5, 0.6) is 0 Å². The van der Waals surface area contributed by atoms with Gasteiger partial charge in [-0.1, -0.05) is 0 Å². The SMILES string of the molecule is C1C[NH2+]CC[NH2+]1.C1C[NH2+]CC[NH2+]1.C1C[NH2+]CC[NH2+]1.O.O.O.O.O.O.O=C(O)c1ccc(C(=O)[O-])nc1.O=C(O)c1ccc(C(=O)[O-])nc1.O=C([O-])c1ccc(C(=O)[O-])nc1.O=C([O-])c1ccc(C(=O)[O-])nc1.O=C([O-])c1ccc(C(=O)[O-])nc1.O=C([O-])c1ccc(C(=O)[O-])nc1.[Cd+2].[Cd+2]. The van der Waals surface area contributed by atoms with E-state index in [0.717, 1.165) is 110 Å². The van der Waals surface area contributed by atoms with Crippen LogP contribution in [-0.4, -0.2) is 223 Å².